The van der Waals surface area contributed by atoms with E-state index in [0.29, 0.717) is 0 Å². The fourth-order valence-electron chi connectivity index (χ4n) is 3.50. The first-order valence-electron chi connectivity index (χ1n) is 8.26. The van der Waals surface area contributed by atoms with Crippen LogP contribution in [0.25, 0.3) is 0 Å². The highest BCUT2D eigenvalue weighted by molar-refractivity contribution is 7.99. The first kappa shape index (κ1) is 15.6. The second-order valence-electron chi connectivity index (χ2n) is 6.83. The predicted molar refractivity (Wildman–Crippen MR) is 90.0 cm³/mol. The second-order valence-corrected chi connectivity index (χ2v) is 8.51. The topological polar surface area (TPSA) is 57.8 Å². The van der Waals surface area contributed by atoms with Crippen molar-refractivity contribution in [1.29, 1.82) is 5.26 Å². The molecule has 118 valence electrons. The van der Waals surface area contributed by atoms with E-state index in [1.165, 1.54) is 16.8 Å². The summed E-state index contributed by atoms with van der Waals surface area (Å²) in [5.41, 5.74) is 4.89. The summed E-state index contributed by atoms with van der Waals surface area (Å²) in [7, 11) is 0. The lowest BCUT2D eigenvalue weighted by atomic mass is 9.91. The number of quaternary nitrogens is 1. The number of piperazine rings is 1. The van der Waals surface area contributed by atoms with E-state index >= 15 is 0 Å². The zero-order valence-corrected chi connectivity index (χ0v) is 14.6. The molecule has 0 aromatic carbocycles. The smallest absolute Gasteiger partial charge is 0.293 e. The summed E-state index contributed by atoms with van der Waals surface area (Å²) in [4.78, 5) is 5.98. The normalized spacial score (nSPS) is 20.4. The van der Waals surface area contributed by atoms with Crippen molar-refractivity contribution >= 4 is 17.6 Å². The van der Waals surface area contributed by atoms with E-state index in [0.717, 1.165) is 56.2 Å². The Hall–Kier alpha value is -1.25. The number of thioether (sulfide) groups is 1. The molecule has 3 rings (SSSR count). The highest BCUT2D eigenvalue weighted by Gasteiger charge is 2.35. The van der Waals surface area contributed by atoms with Crippen LogP contribution in [0.1, 0.15) is 43.2 Å². The van der Waals surface area contributed by atoms with E-state index < -0.39 is 0 Å². The fraction of sp³-hybridized carbons (Fsp3) is 0.647. The highest BCUT2D eigenvalue weighted by Crippen LogP contribution is 2.41. The Balaban J connectivity index is 2.13. The van der Waals surface area contributed by atoms with Crippen LogP contribution in [0.3, 0.4) is 0 Å². The highest BCUT2D eigenvalue weighted by atomic mass is 32.2. The van der Waals surface area contributed by atoms with Gasteiger partial charge in [0.2, 0.25) is 0 Å². The Morgan fingerprint density at radius 3 is 2.68 bits per heavy atom. The zero-order valence-electron chi connectivity index (χ0n) is 13.8. The molecular weight excluding hydrogens is 292 g/mol. The molecule has 0 saturated carbocycles. The van der Waals surface area contributed by atoms with Gasteiger partial charge in [0.1, 0.15) is 43.5 Å². The Labute approximate surface area is 137 Å². The third kappa shape index (κ3) is 2.82. The molecule has 0 radical (unpaired) electrons. The fourth-order valence-corrected chi connectivity index (χ4v) is 4.63. The summed E-state index contributed by atoms with van der Waals surface area (Å²) >= 11 is 2.01. The number of rotatable bonds is 2. The third-order valence-corrected chi connectivity index (χ3v) is 6.09. The third-order valence-electron chi connectivity index (χ3n) is 4.73. The molecule has 22 heavy (non-hydrogen) atoms. The van der Waals surface area contributed by atoms with E-state index in [2.05, 4.69) is 42.0 Å². The minimum Gasteiger partial charge on any atom is -0.340 e. The van der Waals surface area contributed by atoms with Crippen LogP contribution in [0, 0.1) is 11.3 Å². The van der Waals surface area contributed by atoms with E-state index in [4.69, 9.17) is 0 Å². The lowest BCUT2D eigenvalue weighted by Crippen LogP contribution is -2.90. The van der Waals surface area contributed by atoms with Crippen molar-refractivity contribution < 1.29 is 10.3 Å². The number of nitrogens with two attached hydrogens (primary N) is 1. The van der Waals surface area contributed by atoms with Gasteiger partial charge in [-0.2, -0.15) is 17.0 Å². The molecule has 5 heteroatoms. The van der Waals surface area contributed by atoms with E-state index in [1.54, 1.807) is 0 Å². The van der Waals surface area contributed by atoms with Crippen LogP contribution in [0.2, 0.25) is 0 Å². The van der Waals surface area contributed by atoms with Crippen LogP contribution in [0.5, 0.6) is 0 Å². The first-order valence-corrected chi connectivity index (χ1v) is 9.25. The van der Waals surface area contributed by atoms with Crippen molar-refractivity contribution in [3.05, 3.63) is 22.4 Å². The number of nitrogens with zero attached hydrogens (tertiary/aromatic N) is 2. The molecule has 2 aliphatic rings. The maximum Gasteiger partial charge on any atom is 0.293 e. The number of H-pyrrole nitrogens is 1. The molecule has 0 aliphatic carbocycles. The van der Waals surface area contributed by atoms with Crippen LogP contribution >= 0.6 is 11.8 Å². The Bertz CT molecular complexity index is 612. The van der Waals surface area contributed by atoms with Crippen molar-refractivity contribution in [2.24, 2.45) is 0 Å². The van der Waals surface area contributed by atoms with Gasteiger partial charge >= 0.3 is 0 Å². The number of hydrogen-bond acceptors (Lipinski definition) is 3. The van der Waals surface area contributed by atoms with E-state index in [9.17, 15) is 5.26 Å². The van der Waals surface area contributed by atoms with E-state index in [-0.39, 0.29) is 4.75 Å². The number of pyridine rings is 1. The predicted octanol–water partition coefficient (Wildman–Crippen LogP) is 0.886. The van der Waals surface area contributed by atoms with Crippen LogP contribution < -0.4 is 15.2 Å². The standard InChI is InChI=1S/C17H24N4S/c1-4-15-14-11-22-17(2,3)9-12(14)13(10-18)16(20-15)21-7-5-19-6-8-21/h19H,4-9,11H2,1-3H3/p+2. The number of anilines is 1. The molecule has 4 nitrogen and oxygen atoms in total. The molecule has 0 bridgehead atoms. The molecule has 1 fully saturated rings. The van der Waals surface area contributed by atoms with Crippen molar-refractivity contribution in [2.45, 2.75) is 44.1 Å². The lowest BCUT2D eigenvalue weighted by molar-refractivity contribution is -0.656. The van der Waals surface area contributed by atoms with Crippen LogP contribution in [0.15, 0.2) is 0 Å². The summed E-state index contributed by atoms with van der Waals surface area (Å²) in [5.74, 6) is 2.08. The Kier molecular flexibility index (Phi) is 4.33. The van der Waals surface area contributed by atoms with Gasteiger partial charge < -0.3 is 5.32 Å². The van der Waals surface area contributed by atoms with Gasteiger partial charge in [0.25, 0.3) is 5.82 Å². The van der Waals surface area contributed by atoms with Crippen molar-refractivity contribution in [1.82, 2.24) is 0 Å². The van der Waals surface area contributed by atoms with Crippen molar-refractivity contribution in [2.75, 3.05) is 31.1 Å². The number of fused-ring (bicyclic) bond motifs is 1. The van der Waals surface area contributed by atoms with Gasteiger partial charge in [0, 0.05) is 22.5 Å². The number of hydrogen-bond donors (Lipinski definition) is 1. The van der Waals surface area contributed by atoms with Gasteiger partial charge in [-0.25, -0.2) is 9.88 Å². The average Bonchev–Trinajstić information content (AvgIpc) is 2.53. The number of aromatic nitrogens is 1. The lowest BCUT2D eigenvalue weighted by Gasteiger charge is -2.32. The Morgan fingerprint density at radius 2 is 2.05 bits per heavy atom. The van der Waals surface area contributed by atoms with E-state index in [1.807, 2.05) is 11.8 Å². The first-order chi connectivity index (χ1) is 10.6. The summed E-state index contributed by atoms with van der Waals surface area (Å²) < 4.78 is 0.220. The number of aryl methyl sites for hydroxylation is 1. The van der Waals surface area contributed by atoms with Crippen LogP contribution in [-0.2, 0) is 18.6 Å². The van der Waals surface area contributed by atoms with Crippen molar-refractivity contribution in [3.8, 4) is 6.07 Å². The monoisotopic (exact) mass is 318 g/mol. The quantitative estimate of drug-likeness (QED) is 0.881. The average molecular weight is 318 g/mol. The van der Waals surface area contributed by atoms with Gasteiger partial charge in [-0.1, -0.05) is 20.8 Å². The number of nitrogens with one attached hydrogen (secondary N) is 1. The summed E-state index contributed by atoms with van der Waals surface area (Å²) in [5, 5.41) is 12.2. The molecule has 0 amide bonds. The molecule has 3 N–H and O–H groups in total. The summed E-state index contributed by atoms with van der Waals surface area (Å²) in [6, 6.07) is 2.52. The number of aromatic amines is 1. The van der Waals surface area contributed by atoms with Crippen LogP contribution in [-0.4, -0.2) is 30.9 Å². The molecule has 1 aromatic heterocycles. The SMILES string of the molecule is CCc1[nH+]c(N2CC[NH2+]CC2)c(C#N)c2c1CSC(C)(C)C2. The molecule has 0 atom stereocenters. The maximum atomic E-state index is 9.83. The maximum absolute atomic E-state index is 9.83. The van der Waals surface area contributed by atoms with Gasteiger partial charge in [0.05, 0.1) is 0 Å². The minimum absolute atomic E-state index is 0.220. The van der Waals surface area contributed by atoms with Crippen LogP contribution in [0.4, 0.5) is 5.82 Å². The molecule has 0 unspecified atom stereocenters. The molecule has 0 spiro atoms. The Morgan fingerprint density at radius 1 is 1.32 bits per heavy atom. The molecule has 2 aliphatic heterocycles. The second kappa shape index (κ2) is 6.10. The largest absolute Gasteiger partial charge is 0.340 e. The summed E-state index contributed by atoms with van der Waals surface area (Å²) in [6.07, 6.45) is 1.99. The van der Waals surface area contributed by atoms with Gasteiger partial charge in [-0.15, -0.1) is 0 Å². The van der Waals surface area contributed by atoms with Gasteiger partial charge in [0.15, 0.2) is 0 Å². The van der Waals surface area contributed by atoms with Gasteiger partial charge in [-0.05, 0) is 12.0 Å². The molecular formula is C17H26N4S+2. The molecule has 3 heterocycles. The molecule has 1 saturated heterocycles. The minimum atomic E-state index is 0.220. The van der Waals surface area contributed by atoms with Gasteiger partial charge in [-0.3, -0.25) is 0 Å². The zero-order chi connectivity index (χ0) is 15.7. The van der Waals surface area contributed by atoms with Crippen molar-refractivity contribution in [3.63, 3.8) is 0 Å². The number of nitriles is 1. The summed E-state index contributed by atoms with van der Waals surface area (Å²) in [6.45, 7) is 11.0. The molecule has 1 aromatic rings.